The fourth-order valence-electron chi connectivity index (χ4n) is 6.05. The molecule has 0 aromatic carbocycles. The molecule has 10 heteroatoms. The number of esters is 2. The number of likely N-dealkylation sites (N-methyl/N-ethyl adjacent to an activating group) is 1. The highest BCUT2D eigenvalue weighted by Gasteiger charge is 2.21. The lowest BCUT2D eigenvalue weighted by atomic mass is 10.0. The normalized spacial score (nSPS) is 13.7. The summed E-state index contributed by atoms with van der Waals surface area (Å²) in [5.41, 5.74) is 0. The highest BCUT2D eigenvalue weighted by Crippen LogP contribution is 2.38. The second-order valence-electron chi connectivity index (χ2n) is 16.1. The van der Waals surface area contributed by atoms with Crippen molar-refractivity contribution in [3.8, 4) is 0 Å². The molecule has 0 saturated carbocycles. The van der Waals surface area contributed by atoms with E-state index in [2.05, 4.69) is 26.0 Å². The van der Waals surface area contributed by atoms with E-state index in [0.717, 1.165) is 57.8 Å². The third kappa shape index (κ3) is 40.2. The fraction of sp³-hybridized carbons (Fsp3) is 0.907. The van der Waals surface area contributed by atoms with E-state index in [1.165, 1.54) is 109 Å². The molecule has 0 heterocycles. The summed E-state index contributed by atoms with van der Waals surface area (Å²) < 4.78 is 33.8. The zero-order chi connectivity index (χ0) is 39.3. The third-order valence-corrected chi connectivity index (χ3v) is 10.5. The standard InChI is InChI=1S/C43H84NO8P/c1-6-8-10-12-14-16-18-19-20-21-22-23-24-26-27-29-31-33-35-42(45)49-39-41(40-51-53(47,48)50-38-37-44(3,4)5)52-43(46)36-34-32-30-28-25-17-15-13-11-9-7-2/h13,15,41H,6-12,14,16-40H2,1-5H3/b15-13+/t41-/m0/s1. The zero-order valence-electron chi connectivity index (χ0n) is 35.2. The van der Waals surface area contributed by atoms with Crippen LogP contribution in [0.5, 0.6) is 0 Å². The Balaban J connectivity index is 4.27. The summed E-state index contributed by atoms with van der Waals surface area (Å²) in [5, 5.41) is 0. The zero-order valence-corrected chi connectivity index (χ0v) is 36.1. The molecule has 1 unspecified atom stereocenters. The Morgan fingerprint density at radius 3 is 1.45 bits per heavy atom. The molecule has 0 aliphatic carbocycles. The van der Waals surface area contributed by atoms with Crippen molar-refractivity contribution in [2.75, 3.05) is 47.5 Å². The van der Waals surface area contributed by atoms with Gasteiger partial charge in [-0.3, -0.25) is 14.2 Å². The summed E-state index contributed by atoms with van der Waals surface area (Å²) in [6, 6.07) is 0. The van der Waals surface area contributed by atoms with Gasteiger partial charge in [0, 0.05) is 12.8 Å². The summed E-state index contributed by atoms with van der Waals surface area (Å²) in [6.45, 7) is 4.20. The molecule has 2 atom stereocenters. The number of rotatable bonds is 40. The van der Waals surface area contributed by atoms with Crippen molar-refractivity contribution in [2.24, 2.45) is 0 Å². The first-order valence-corrected chi connectivity index (χ1v) is 23.4. The molecule has 314 valence electrons. The van der Waals surface area contributed by atoms with Crippen molar-refractivity contribution in [3.63, 3.8) is 0 Å². The summed E-state index contributed by atoms with van der Waals surface area (Å²) in [4.78, 5) is 37.4. The molecule has 0 radical (unpaired) electrons. The highest BCUT2D eigenvalue weighted by molar-refractivity contribution is 7.45. The first kappa shape index (κ1) is 51.8. The molecule has 0 amide bonds. The number of unbranched alkanes of at least 4 members (excludes halogenated alkanes) is 24. The number of quaternary nitrogens is 1. The fourth-order valence-corrected chi connectivity index (χ4v) is 6.78. The van der Waals surface area contributed by atoms with Gasteiger partial charge in [0.05, 0.1) is 27.7 Å². The van der Waals surface area contributed by atoms with Crippen molar-refractivity contribution in [1.29, 1.82) is 0 Å². The summed E-state index contributed by atoms with van der Waals surface area (Å²) >= 11 is 0. The van der Waals surface area contributed by atoms with Gasteiger partial charge in [0.25, 0.3) is 7.82 Å². The number of nitrogens with zero attached hydrogens (tertiary/aromatic N) is 1. The molecule has 0 fully saturated rings. The van der Waals surface area contributed by atoms with E-state index in [0.29, 0.717) is 17.4 Å². The minimum Gasteiger partial charge on any atom is -0.756 e. The van der Waals surface area contributed by atoms with Crippen molar-refractivity contribution in [2.45, 2.75) is 206 Å². The average molecular weight is 774 g/mol. The van der Waals surface area contributed by atoms with E-state index < -0.39 is 26.5 Å². The van der Waals surface area contributed by atoms with Crippen LogP contribution in [-0.4, -0.2) is 70.0 Å². The van der Waals surface area contributed by atoms with Gasteiger partial charge >= 0.3 is 11.9 Å². The van der Waals surface area contributed by atoms with Crippen LogP contribution < -0.4 is 4.89 Å². The largest absolute Gasteiger partial charge is 0.756 e. The van der Waals surface area contributed by atoms with Gasteiger partial charge in [0.2, 0.25) is 0 Å². The molecule has 0 spiro atoms. The molecule has 0 aliphatic heterocycles. The second kappa shape index (κ2) is 36.4. The molecule has 53 heavy (non-hydrogen) atoms. The summed E-state index contributed by atoms with van der Waals surface area (Å²) in [6.07, 6.45) is 36.7. The average Bonchev–Trinajstić information content (AvgIpc) is 3.10. The smallest absolute Gasteiger partial charge is 0.306 e. The Labute approximate surface area is 326 Å². The second-order valence-corrected chi connectivity index (χ2v) is 17.5. The predicted molar refractivity (Wildman–Crippen MR) is 218 cm³/mol. The highest BCUT2D eigenvalue weighted by atomic mass is 31.2. The van der Waals surface area contributed by atoms with Crippen molar-refractivity contribution in [1.82, 2.24) is 0 Å². The van der Waals surface area contributed by atoms with Crippen LogP contribution in [0.2, 0.25) is 0 Å². The summed E-state index contributed by atoms with van der Waals surface area (Å²) in [5.74, 6) is -0.837. The minimum atomic E-state index is -4.62. The predicted octanol–water partition coefficient (Wildman–Crippen LogP) is 11.6. The number of carbonyl (C=O) groups is 2. The quantitative estimate of drug-likeness (QED) is 0.0199. The Bertz CT molecular complexity index is 922. The number of carbonyl (C=O) groups excluding carboxylic acids is 2. The van der Waals surface area contributed by atoms with Crippen LogP contribution in [-0.2, 0) is 32.7 Å². The Kier molecular flexibility index (Phi) is 35.5. The minimum absolute atomic E-state index is 0.0295. The first-order chi connectivity index (χ1) is 25.5. The van der Waals surface area contributed by atoms with Gasteiger partial charge in [-0.2, -0.15) is 0 Å². The van der Waals surface area contributed by atoms with Crippen LogP contribution >= 0.6 is 7.82 Å². The Morgan fingerprint density at radius 1 is 0.566 bits per heavy atom. The Hall–Kier alpha value is -1.25. The van der Waals surface area contributed by atoms with Gasteiger partial charge in [0.15, 0.2) is 6.10 Å². The van der Waals surface area contributed by atoms with Crippen molar-refractivity contribution < 1.29 is 42.1 Å². The molecule has 0 aromatic rings. The van der Waals surface area contributed by atoms with Crippen LogP contribution in [0.25, 0.3) is 0 Å². The van der Waals surface area contributed by atoms with Gasteiger partial charge in [-0.05, 0) is 32.1 Å². The number of ether oxygens (including phenoxy) is 2. The van der Waals surface area contributed by atoms with Crippen LogP contribution in [0.1, 0.15) is 200 Å². The van der Waals surface area contributed by atoms with Gasteiger partial charge in [-0.1, -0.05) is 167 Å². The maximum Gasteiger partial charge on any atom is 0.306 e. The van der Waals surface area contributed by atoms with E-state index in [-0.39, 0.29) is 32.0 Å². The Morgan fingerprint density at radius 2 is 0.981 bits per heavy atom. The van der Waals surface area contributed by atoms with Crippen LogP contribution in [0.15, 0.2) is 12.2 Å². The molecule has 0 rings (SSSR count). The van der Waals surface area contributed by atoms with E-state index in [1.54, 1.807) is 0 Å². The summed E-state index contributed by atoms with van der Waals surface area (Å²) in [7, 11) is 1.17. The third-order valence-electron chi connectivity index (χ3n) is 9.54. The lowest BCUT2D eigenvalue weighted by molar-refractivity contribution is -0.870. The monoisotopic (exact) mass is 774 g/mol. The number of hydrogen-bond donors (Lipinski definition) is 0. The van der Waals surface area contributed by atoms with E-state index in [4.69, 9.17) is 18.5 Å². The van der Waals surface area contributed by atoms with E-state index >= 15 is 0 Å². The SMILES string of the molecule is CCCC/C=C/CCCCCCCC(=O)O[C@@H](COC(=O)CCCCCCCCCCCCCCCCCCCC)COP(=O)([O-])OCC[N+](C)(C)C. The van der Waals surface area contributed by atoms with Crippen LogP contribution in [0.3, 0.4) is 0 Å². The van der Waals surface area contributed by atoms with Gasteiger partial charge in [0.1, 0.15) is 19.8 Å². The molecule has 0 N–H and O–H groups in total. The lowest BCUT2D eigenvalue weighted by Gasteiger charge is -2.28. The van der Waals surface area contributed by atoms with Gasteiger partial charge < -0.3 is 27.9 Å². The lowest BCUT2D eigenvalue weighted by Crippen LogP contribution is -2.37. The molecule has 0 aliphatic rings. The van der Waals surface area contributed by atoms with Gasteiger partial charge in [-0.15, -0.1) is 0 Å². The van der Waals surface area contributed by atoms with Crippen LogP contribution in [0, 0.1) is 0 Å². The first-order valence-electron chi connectivity index (χ1n) is 21.9. The number of phosphoric acid groups is 1. The number of phosphoric ester groups is 1. The molecule has 0 aromatic heterocycles. The maximum absolute atomic E-state index is 12.6. The molecule has 9 nitrogen and oxygen atoms in total. The topological polar surface area (TPSA) is 111 Å². The number of hydrogen-bond acceptors (Lipinski definition) is 8. The van der Waals surface area contributed by atoms with Crippen LogP contribution in [0.4, 0.5) is 0 Å². The van der Waals surface area contributed by atoms with Crippen molar-refractivity contribution in [3.05, 3.63) is 12.2 Å². The molecular formula is C43H84NO8P. The van der Waals surface area contributed by atoms with E-state index in [9.17, 15) is 19.0 Å². The molecule has 0 saturated heterocycles. The molecular weight excluding hydrogens is 689 g/mol. The number of allylic oxidation sites excluding steroid dienone is 2. The van der Waals surface area contributed by atoms with E-state index in [1.807, 2.05) is 21.1 Å². The van der Waals surface area contributed by atoms with Crippen molar-refractivity contribution >= 4 is 19.8 Å². The van der Waals surface area contributed by atoms with Gasteiger partial charge in [-0.25, -0.2) is 0 Å². The maximum atomic E-state index is 12.6. The molecule has 0 bridgehead atoms.